The van der Waals surface area contributed by atoms with E-state index >= 15 is 0 Å². The summed E-state index contributed by atoms with van der Waals surface area (Å²) in [6.45, 7) is 5.61. The molecule has 0 aromatic heterocycles. The minimum Gasteiger partial charge on any atom is -0.339 e. The van der Waals surface area contributed by atoms with Crippen LogP contribution in [0.2, 0.25) is 0 Å². The number of hydrogen-bond donors (Lipinski definition) is 0. The van der Waals surface area contributed by atoms with Gasteiger partial charge >= 0.3 is 0 Å². The van der Waals surface area contributed by atoms with E-state index in [1.54, 1.807) is 16.0 Å². The zero-order chi connectivity index (χ0) is 19.6. The van der Waals surface area contributed by atoms with Crippen LogP contribution in [0.25, 0.3) is 6.08 Å². The molecule has 0 aliphatic carbocycles. The standard InChI is InChI=1S/C23H26N2O2/c1-16-9-11-19(12-10-16)17(2)24(4)23(27)15-22-21-8-6-5-7-20(21)13-14-25(22)18(3)26/h5-14,17,22H,15H2,1-4H3. The molecule has 3 rings (SSSR count). The minimum atomic E-state index is -0.274. The fourth-order valence-corrected chi connectivity index (χ4v) is 3.51. The van der Waals surface area contributed by atoms with Crippen LogP contribution in [0.1, 0.15) is 54.6 Å². The molecule has 0 radical (unpaired) electrons. The first-order valence-corrected chi connectivity index (χ1v) is 9.26. The van der Waals surface area contributed by atoms with Gasteiger partial charge in [-0.05, 0) is 36.6 Å². The van der Waals surface area contributed by atoms with Crippen LogP contribution < -0.4 is 0 Å². The normalized spacial score (nSPS) is 16.6. The van der Waals surface area contributed by atoms with E-state index in [0.29, 0.717) is 0 Å². The zero-order valence-electron chi connectivity index (χ0n) is 16.3. The molecule has 1 heterocycles. The van der Waals surface area contributed by atoms with E-state index in [2.05, 4.69) is 24.3 Å². The van der Waals surface area contributed by atoms with Crippen molar-refractivity contribution in [3.63, 3.8) is 0 Å². The summed E-state index contributed by atoms with van der Waals surface area (Å²) in [6.07, 6.45) is 3.97. The summed E-state index contributed by atoms with van der Waals surface area (Å²) >= 11 is 0. The Balaban J connectivity index is 1.81. The van der Waals surface area contributed by atoms with E-state index in [1.165, 1.54) is 12.5 Å². The zero-order valence-corrected chi connectivity index (χ0v) is 16.3. The minimum absolute atomic E-state index is 0.0180. The summed E-state index contributed by atoms with van der Waals surface area (Å²) in [5.74, 6) is -0.0442. The second kappa shape index (κ2) is 7.78. The van der Waals surface area contributed by atoms with E-state index < -0.39 is 0 Å². The van der Waals surface area contributed by atoms with Crippen LogP contribution in [0, 0.1) is 6.92 Å². The SMILES string of the molecule is CC(=O)N1C=Cc2ccccc2C1CC(=O)N(C)C(C)c1ccc(C)cc1. The Labute approximate surface area is 161 Å². The van der Waals surface area contributed by atoms with Crippen molar-refractivity contribution in [1.29, 1.82) is 0 Å². The van der Waals surface area contributed by atoms with Crippen molar-refractivity contribution in [3.05, 3.63) is 77.0 Å². The molecule has 0 saturated carbocycles. The summed E-state index contributed by atoms with van der Waals surface area (Å²) < 4.78 is 0. The molecule has 0 spiro atoms. The molecule has 2 amide bonds. The lowest BCUT2D eigenvalue weighted by atomic mass is 9.93. The molecule has 2 aromatic rings. The first-order valence-electron chi connectivity index (χ1n) is 9.26. The molecular formula is C23H26N2O2. The number of carbonyl (C=O) groups excluding carboxylic acids is 2. The quantitative estimate of drug-likeness (QED) is 0.805. The number of aryl methyl sites for hydroxylation is 1. The molecule has 4 heteroatoms. The Morgan fingerprint density at radius 1 is 1.11 bits per heavy atom. The molecule has 2 unspecified atom stereocenters. The van der Waals surface area contributed by atoms with Crippen molar-refractivity contribution >= 4 is 17.9 Å². The maximum atomic E-state index is 13.0. The molecule has 2 aromatic carbocycles. The lowest BCUT2D eigenvalue weighted by molar-refractivity contribution is -0.135. The topological polar surface area (TPSA) is 40.6 Å². The Kier molecular flexibility index (Phi) is 5.45. The van der Waals surface area contributed by atoms with Gasteiger partial charge in [-0.25, -0.2) is 0 Å². The molecule has 140 valence electrons. The summed E-state index contributed by atoms with van der Waals surface area (Å²) in [7, 11) is 1.83. The number of benzene rings is 2. The lowest BCUT2D eigenvalue weighted by Crippen LogP contribution is -2.36. The van der Waals surface area contributed by atoms with Crippen molar-refractivity contribution in [2.75, 3.05) is 7.05 Å². The molecule has 4 nitrogen and oxygen atoms in total. The Morgan fingerprint density at radius 2 is 1.78 bits per heavy atom. The number of hydrogen-bond acceptors (Lipinski definition) is 2. The third-order valence-electron chi connectivity index (χ3n) is 5.37. The predicted molar refractivity (Wildman–Crippen MR) is 108 cm³/mol. The van der Waals surface area contributed by atoms with Gasteiger partial charge in [0.25, 0.3) is 0 Å². The first-order chi connectivity index (χ1) is 12.9. The summed E-state index contributed by atoms with van der Waals surface area (Å²) in [5.41, 5.74) is 4.37. The molecule has 1 aliphatic rings. The highest BCUT2D eigenvalue weighted by Gasteiger charge is 2.30. The van der Waals surface area contributed by atoms with Crippen LogP contribution >= 0.6 is 0 Å². The highest BCUT2D eigenvalue weighted by Crippen LogP contribution is 2.34. The van der Waals surface area contributed by atoms with Crippen molar-refractivity contribution in [3.8, 4) is 0 Å². The second-order valence-corrected chi connectivity index (χ2v) is 7.18. The second-order valence-electron chi connectivity index (χ2n) is 7.18. The van der Waals surface area contributed by atoms with Gasteiger partial charge in [0, 0.05) is 20.2 Å². The van der Waals surface area contributed by atoms with Crippen LogP contribution in [-0.2, 0) is 9.59 Å². The molecule has 0 bridgehead atoms. The lowest BCUT2D eigenvalue weighted by Gasteiger charge is -2.34. The highest BCUT2D eigenvalue weighted by atomic mass is 16.2. The number of carbonyl (C=O) groups is 2. The molecule has 2 atom stereocenters. The van der Waals surface area contributed by atoms with Crippen LogP contribution in [0.15, 0.2) is 54.7 Å². The summed E-state index contributed by atoms with van der Waals surface area (Å²) in [6, 6.07) is 15.9. The van der Waals surface area contributed by atoms with Crippen molar-refractivity contribution in [1.82, 2.24) is 9.80 Å². The van der Waals surface area contributed by atoms with E-state index in [-0.39, 0.29) is 30.3 Å². The average Bonchev–Trinajstić information content (AvgIpc) is 2.67. The van der Waals surface area contributed by atoms with E-state index in [0.717, 1.165) is 16.7 Å². The number of fused-ring (bicyclic) bond motifs is 1. The van der Waals surface area contributed by atoms with Crippen LogP contribution in [0.5, 0.6) is 0 Å². The number of rotatable bonds is 4. The van der Waals surface area contributed by atoms with Crippen molar-refractivity contribution in [2.24, 2.45) is 0 Å². The fraction of sp³-hybridized carbons (Fsp3) is 0.304. The first kappa shape index (κ1) is 18.9. The number of amides is 2. The average molecular weight is 362 g/mol. The molecule has 27 heavy (non-hydrogen) atoms. The highest BCUT2D eigenvalue weighted by molar-refractivity contribution is 5.82. The van der Waals surface area contributed by atoms with Crippen LogP contribution in [-0.4, -0.2) is 28.7 Å². The van der Waals surface area contributed by atoms with Gasteiger partial charge in [-0.2, -0.15) is 0 Å². The largest absolute Gasteiger partial charge is 0.339 e. The fourth-order valence-electron chi connectivity index (χ4n) is 3.51. The van der Waals surface area contributed by atoms with Gasteiger partial charge in [-0.3, -0.25) is 9.59 Å². The third-order valence-corrected chi connectivity index (χ3v) is 5.37. The Hall–Kier alpha value is -2.88. The van der Waals surface area contributed by atoms with E-state index in [4.69, 9.17) is 0 Å². The van der Waals surface area contributed by atoms with Crippen molar-refractivity contribution < 1.29 is 9.59 Å². The Bertz CT molecular complexity index is 870. The van der Waals surface area contributed by atoms with Crippen LogP contribution in [0.4, 0.5) is 0 Å². The molecule has 1 aliphatic heterocycles. The van der Waals surface area contributed by atoms with Gasteiger partial charge in [-0.15, -0.1) is 0 Å². The van der Waals surface area contributed by atoms with Crippen molar-refractivity contribution in [2.45, 2.75) is 39.3 Å². The molecule has 0 N–H and O–H groups in total. The third kappa shape index (κ3) is 3.95. The monoisotopic (exact) mass is 362 g/mol. The molecular weight excluding hydrogens is 336 g/mol. The smallest absolute Gasteiger partial charge is 0.225 e. The maximum absolute atomic E-state index is 13.0. The number of nitrogens with zero attached hydrogens (tertiary/aromatic N) is 2. The molecule has 0 fully saturated rings. The van der Waals surface area contributed by atoms with Gasteiger partial charge in [0.05, 0.1) is 18.5 Å². The summed E-state index contributed by atoms with van der Waals surface area (Å²) in [4.78, 5) is 28.6. The summed E-state index contributed by atoms with van der Waals surface area (Å²) in [5, 5.41) is 0. The molecule has 0 saturated heterocycles. The maximum Gasteiger partial charge on any atom is 0.225 e. The van der Waals surface area contributed by atoms with Crippen LogP contribution in [0.3, 0.4) is 0 Å². The van der Waals surface area contributed by atoms with Gasteiger partial charge in [0.2, 0.25) is 11.8 Å². The van der Waals surface area contributed by atoms with E-state index in [1.807, 2.05) is 51.2 Å². The van der Waals surface area contributed by atoms with Gasteiger partial charge in [-0.1, -0.05) is 54.1 Å². The predicted octanol–water partition coefficient (Wildman–Crippen LogP) is 4.48. The van der Waals surface area contributed by atoms with E-state index in [9.17, 15) is 9.59 Å². The Morgan fingerprint density at radius 3 is 2.44 bits per heavy atom. The van der Waals surface area contributed by atoms with Gasteiger partial charge in [0.1, 0.15) is 0 Å². The van der Waals surface area contributed by atoms with Gasteiger partial charge in [0.15, 0.2) is 0 Å². The van der Waals surface area contributed by atoms with Gasteiger partial charge < -0.3 is 9.80 Å².